The number of hydroxylamine groups is 4. The van der Waals surface area contributed by atoms with Gasteiger partial charge in [-0.3, -0.25) is 9.68 Å². The zero-order valence-electron chi connectivity index (χ0n) is 22.1. The first-order valence-corrected chi connectivity index (χ1v) is 13.3. The minimum absolute atomic E-state index is 0.263. The van der Waals surface area contributed by atoms with Crippen LogP contribution in [0.1, 0.15) is 67.2 Å². The molecule has 0 aromatic carbocycles. The van der Waals surface area contributed by atoms with Crippen molar-refractivity contribution in [3.05, 3.63) is 17.5 Å². The summed E-state index contributed by atoms with van der Waals surface area (Å²) in [6.07, 6.45) is 3.35. The number of nitrogens with zero attached hydrogens (tertiary/aromatic N) is 4. The summed E-state index contributed by atoms with van der Waals surface area (Å²) in [5.74, 6) is 4.70. The monoisotopic (exact) mass is 520 g/mol. The van der Waals surface area contributed by atoms with Gasteiger partial charge in [-0.05, 0) is 47.8 Å². The first-order valence-electron chi connectivity index (χ1n) is 12.1. The van der Waals surface area contributed by atoms with E-state index in [-0.39, 0.29) is 12.2 Å². The van der Waals surface area contributed by atoms with Crippen molar-refractivity contribution in [1.29, 1.82) is 0 Å². The highest BCUT2D eigenvalue weighted by molar-refractivity contribution is 7.98. The lowest BCUT2D eigenvalue weighted by Crippen LogP contribution is -2.41. The second-order valence-electron chi connectivity index (χ2n) is 10.7. The molecule has 3 heterocycles. The molecule has 11 heteroatoms. The Morgan fingerprint density at radius 3 is 1.58 bits per heavy atom. The van der Waals surface area contributed by atoms with Crippen LogP contribution in [0.4, 0.5) is 0 Å². The summed E-state index contributed by atoms with van der Waals surface area (Å²) >= 11 is 1.37. The van der Waals surface area contributed by atoms with Gasteiger partial charge in [-0.25, -0.2) is 19.7 Å². The van der Waals surface area contributed by atoms with Gasteiger partial charge in [0.15, 0.2) is 5.16 Å². The summed E-state index contributed by atoms with van der Waals surface area (Å²) in [6, 6.07) is 1.64. The molecule has 0 amide bonds. The lowest BCUT2D eigenvalue weighted by Gasteiger charge is -2.37. The molecule has 2 unspecified atom stereocenters. The van der Waals surface area contributed by atoms with Crippen LogP contribution in [0, 0.1) is 0 Å². The average Bonchev–Trinajstić information content (AvgIpc) is 2.79. The first kappa shape index (κ1) is 28.0. The normalized spacial score (nSPS) is 21.2. The predicted octanol–water partition coefficient (Wildman–Crippen LogP) is 3.78. The van der Waals surface area contributed by atoms with Gasteiger partial charge >= 0.3 is 0 Å². The highest BCUT2D eigenvalue weighted by Gasteiger charge is 2.31. The number of aromatic nitrogens is 2. The molecule has 2 fully saturated rings. The Balaban J connectivity index is 1.66. The van der Waals surface area contributed by atoms with Crippen LogP contribution < -0.4 is 9.47 Å². The molecule has 2 aliphatic heterocycles. The molecule has 0 aliphatic carbocycles. The molecule has 0 bridgehead atoms. The SMILES string of the molecule is CSc1nc(OC2CCN(OC(C)(C)C)C(=C=O)C2)cc(OC2CCN(OC(C)(C)C)C(=C=O)C2)n1. The third kappa shape index (κ3) is 8.25. The highest BCUT2D eigenvalue weighted by atomic mass is 32.2. The van der Waals surface area contributed by atoms with Gasteiger partial charge in [-0.1, -0.05) is 11.8 Å². The standard InChI is InChI=1S/C25H36N4O6S/c1-24(2,3)34-28-10-8-19(12-17(28)15-30)32-21-14-22(27-23(26-21)36-7)33-20-9-11-29(18(13-20)16-31)35-25(4,5)6/h14,19-20H,8-13H2,1-7H3. The van der Waals surface area contributed by atoms with Crippen LogP contribution in [0.3, 0.4) is 0 Å². The summed E-state index contributed by atoms with van der Waals surface area (Å²) < 4.78 is 12.3. The maximum atomic E-state index is 11.6. The number of ether oxygens (including phenoxy) is 2. The Bertz CT molecular complexity index is 948. The predicted molar refractivity (Wildman–Crippen MR) is 135 cm³/mol. The quantitative estimate of drug-likeness (QED) is 0.298. The fourth-order valence-corrected chi connectivity index (χ4v) is 4.18. The molecule has 1 aromatic heterocycles. The van der Waals surface area contributed by atoms with E-state index in [2.05, 4.69) is 9.97 Å². The lowest BCUT2D eigenvalue weighted by molar-refractivity contribution is -0.217. The molecule has 3 rings (SSSR count). The van der Waals surface area contributed by atoms with Crippen molar-refractivity contribution in [2.24, 2.45) is 0 Å². The Hall–Kier alpha value is -2.55. The molecule has 2 atom stereocenters. The van der Waals surface area contributed by atoms with Gasteiger partial charge < -0.3 is 9.47 Å². The number of rotatable bonds is 7. The molecule has 2 saturated heterocycles. The molecule has 0 N–H and O–H groups in total. The van der Waals surface area contributed by atoms with E-state index in [4.69, 9.17) is 19.1 Å². The third-order valence-electron chi connectivity index (χ3n) is 5.17. The maximum Gasteiger partial charge on any atom is 0.221 e. The molecular weight excluding hydrogens is 484 g/mol. The van der Waals surface area contributed by atoms with Crippen LogP contribution in [-0.4, -0.2) is 74.7 Å². The van der Waals surface area contributed by atoms with E-state index in [1.807, 2.05) is 59.7 Å². The fraction of sp³-hybridized carbons (Fsp3) is 0.680. The zero-order valence-corrected chi connectivity index (χ0v) is 22.9. The Morgan fingerprint density at radius 1 is 0.833 bits per heavy atom. The van der Waals surface area contributed by atoms with Gasteiger partial charge in [0.1, 0.15) is 35.5 Å². The lowest BCUT2D eigenvalue weighted by atomic mass is 10.1. The van der Waals surface area contributed by atoms with E-state index in [1.165, 1.54) is 11.8 Å². The molecule has 198 valence electrons. The summed E-state index contributed by atoms with van der Waals surface area (Å²) in [5.41, 5.74) is -0.0189. The Kier molecular flexibility index (Phi) is 9.08. The number of hydrogen-bond acceptors (Lipinski definition) is 11. The minimum atomic E-state index is -0.421. The highest BCUT2D eigenvalue weighted by Crippen LogP contribution is 2.30. The largest absolute Gasteiger partial charge is 0.474 e. The number of piperidine rings is 2. The van der Waals surface area contributed by atoms with E-state index in [0.29, 0.717) is 67.1 Å². The van der Waals surface area contributed by atoms with Gasteiger partial charge in [0.2, 0.25) is 11.8 Å². The van der Waals surface area contributed by atoms with Gasteiger partial charge in [0.25, 0.3) is 0 Å². The molecule has 36 heavy (non-hydrogen) atoms. The third-order valence-corrected chi connectivity index (χ3v) is 5.72. The zero-order chi connectivity index (χ0) is 26.5. The molecule has 0 spiro atoms. The second-order valence-corrected chi connectivity index (χ2v) is 11.5. The Morgan fingerprint density at radius 2 is 1.25 bits per heavy atom. The van der Waals surface area contributed by atoms with Gasteiger partial charge in [0.05, 0.1) is 17.3 Å². The van der Waals surface area contributed by atoms with Crippen LogP contribution in [0.5, 0.6) is 11.8 Å². The topological polar surface area (TPSA) is 103 Å². The van der Waals surface area contributed by atoms with Crippen molar-refractivity contribution >= 4 is 23.6 Å². The summed E-state index contributed by atoms with van der Waals surface area (Å²) in [6.45, 7) is 12.6. The van der Waals surface area contributed by atoms with Crippen LogP contribution in [0.25, 0.3) is 0 Å². The van der Waals surface area contributed by atoms with Crippen molar-refractivity contribution in [2.75, 3.05) is 19.3 Å². The first-order chi connectivity index (χ1) is 16.9. The van der Waals surface area contributed by atoms with Crippen molar-refractivity contribution in [3.63, 3.8) is 0 Å². The fourth-order valence-electron chi connectivity index (χ4n) is 3.82. The average molecular weight is 521 g/mol. The van der Waals surface area contributed by atoms with E-state index in [1.54, 1.807) is 16.2 Å². The second kappa shape index (κ2) is 11.7. The van der Waals surface area contributed by atoms with E-state index >= 15 is 0 Å². The summed E-state index contributed by atoms with van der Waals surface area (Å²) in [7, 11) is 0. The minimum Gasteiger partial charge on any atom is -0.474 e. The summed E-state index contributed by atoms with van der Waals surface area (Å²) in [4.78, 5) is 43.7. The molecule has 1 aromatic rings. The van der Waals surface area contributed by atoms with E-state index < -0.39 is 11.2 Å². The smallest absolute Gasteiger partial charge is 0.221 e. The van der Waals surface area contributed by atoms with E-state index in [0.717, 1.165) is 0 Å². The molecular formula is C25H36N4O6S. The molecule has 0 saturated carbocycles. The molecule has 2 aliphatic rings. The van der Waals surface area contributed by atoms with Crippen molar-refractivity contribution in [3.8, 4) is 11.8 Å². The number of hydrogen-bond donors (Lipinski definition) is 0. The number of carbonyl (C=O) groups excluding carboxylic acids is 2. The van der Waals surface area contributed by atoms with Crippen molar-refractivity contribution < 1.29 is 28.7 Å². The van der Waals surface area contributed by atoms with Gasteiger partial charge in [-0.15, -0.1) is 0 Å². The van der Waals surface area contributed by atoms with E-state index in [9.17, 15) is 9.59 Å². The van der Waals surface area contributed by atoms with Crippen molar-refractivity contribution in [1.82, 2.24) is 20.1 Å². The van der Waals surface area contributed by atoms with Crippen LogP contribution in [0.15, 0.2) is 22.6 Å². The number of thioether (sulfide) groups is 1. The van der Waals surface area contributed by atoms with Crippen LogP contribution in [0.2, 0.25) is 0 Å². The van der Waals surface area contributed by atoms with Crippen LogP contribution in [-0.2, 0) is 19.3 Å². The van der Waals surface area contributed by atoms with Gasteiger partial charge in [0, 0.05) is 38.8 Å². The molecule has 10 nitrogen and oxygen atoms in total. The van der Waals surface area contributed by atoms with Gasteiger partial charge in [-0.2, -0.15) is 9.97 Å². The summed E-state index contributed by atoms with van der Waals surface area (Å²) in [5, 5.41) is 3.70. The van der Waals surface area contributed by atoms with Crippen LogP contribution >= 0.6 is 11.8 Å². The maximum absolute atomic E-state index is 11.6. The molecule has 0 radical (unpaired) electrons. The van der Waals surface area contributed by atoms with Crippen molar-refractivity contribution in [2.45, 2.75) is 95.8 Å². The Labute approximate surface area is 216 Å².